The van der Waals surface area contributed by atoms with E-state index in [1.54, 1.807) is 48.4 Å². The van der Waals surface area contributed by atoms with Gasteiger partial charge >= 0.3 is 6.36 Å². The molecule has 0 saturated heterocycles. The molecule has 2 aromatic carbocycles. The summed E-state index contributed by atoms with van der Waals surface area (Å²) in [7, 11) is 1.79. The maximum Gasteiger partial charge on any atom is 0.573 e. The summed E-state index contributed by atoms with van der Waals surface area (Å²) in [6, 6.07) is 14.1. The van der Waals surface area contributed by atoms with Gasteiger partial charge in [0.2, 0.25) is 0 Å². The summed E-state index contributed by atoms with van der Waals surface area (Å²) in [5.74, 6) is -0.225. The molecule has 0 bridgehead atoms. The van der Waals surface area contributed by atoms with Crippen LogP contribution in [0.2, 0.25) is 0 Å². The molecule has 192 valence electrons. The molecular formula is C25H21F3N4O5. The maximum absolute atomic E-state index is 13.4. The number of carbonyl (C=O) groups excluding carboxylic acids is 1. The largest absolute Gasteiger partial charge is 0.573 e. The highest BCUT2D eigenvalue weighted by Gasteiger charge is 2.43. The summed E-state index contributed by atoms with van der Waals surface area (Å²) in [5.41, 5.74) is 1.11. The highest BCUT2D eigenvalue weighted by atomic mass is 19.4. The predicted molar refractivity (Wildman–Crippen MR) is 125 cm³/mol. The molecule has 4 aromatic rings. The number of rotatable bonds is 4. The third-order valence-corrected chi connectivity index (χ3v) is 5.83. The van der Waals surface area contributed by atoms with Crippen LogP contribution in [0.3, 0.4) is 0 Å². The molecule has 0 aliphatic carbocycles. The minimum atomic E-state index is -4.80. The summed E-state index contributed by atoms with van der Waals surface area (Å²) < 4.78 is 49.3. The van der Waals surface area contributed by atoms with Crippen molar-refractivity contribution in [3.8, 4) is 11.5 Å². The number of hydrogen-bond donors (Lipinski definition) is 2. The number of carboxylic acid groups (broad SMARTS) is 1. The fourth-order valence-corrected chi connectivity index (χ4v) is 4.23. The van der Waals surface area contributed by atoms with Crippen LogP contribution in [0.1, 0.15) is 28.0 Å². The number of carbonyl (C=O) groups is 2. The average Bonchev–Trinajstić information content (AvgIpc) is 3.24. The minimum Gasteiger partial charge on any atom is -0.491 e. The smallest absolute Gasteiger partial charge is 0.491 e. The Labute approximate surface area is 208 Å². The van der Waals surface area contributed by atoms with Crippen molar-refractivity contribution in [2.45, 2.75) is 18.3 Å². The van der Waals surface area contributed by atoms with Gasteiger partial charge in [0, 0.05) is 30.6 Å². The molecule has 1 aliphatic heterocycles. The van der Waals surface area contributed by atoms with E-state index in [1.165, 1.54) is 24.3 Å². The van der Waals surface area contributed by atoms with Gasteiger partial charge in [-0.05, 0) is 42.0 Å². The summed E-state index contributed by atoms with van der Waals surface area (Å²) in [6.45, 7) is 0.0283. The molecule has 2 aromatic heterocycles. The summed E-state index contributed by atoms with van der Waals surface area (Å²) in [6.07, 6.45) is -1.18. The van der Waals surface area contributed by atoms with Crippen LogP contribution in [-0.2, 0) is 17.4 Å². The molecular weight excluding hydrogens is 493 g/mol. The van der Waals surface area contributed by atoms with Gasteiger partial charge in [-0.15, -0.1) is 13.2 Å². The van der Waals surface area contributed by atoms with E-state index >= 15 is 0 Å². The monoisotopic (exact) mass is 514 g/mol. The number of halogens is 3. The van der Waals surface area contributed by atoms with E-state index in [0.717, 1.165) is 10.9 Å². The van der Waals surface area contributed by atoms with Gasteiger partial charge in [0.25, 0.3) is 12.4 Å². The zero-order chi connectivity index (χ0) is 26.6. The first-order valence-corrected chi connectivity index (χ1v) is 10.9. The fraction of sp³-hybridized carbons (Fsp3) is 0.200. The number of ether oxygens (including phenoxy) is 2. The molecule has 12 heteroatoms. The second kappa shape index (κ2) is 10.2. The molecule has 1 amide bonds. The van der Waals surface area contributed by atoms with Gasteiger partial charge in [-0.3, -0.25) is 19.3 Å². The summed E-state index contributed by atoms with van der Waals surface area (Å²) in [4.78, 5) is 26.3. The number of hydrogen-bond acceptors (Lipinski definition) is 6. The number of aromatic nitrogens is 3. The molecule has 9 nitrogen and oxygen atoms in total. The quantitative estimate of drug-likeness (QED) is 0.395. The number of nitrogens with one attached hydrogen (secondary N) is 1. The van der Waals surface area contributed by atoms with Gasteiger partial charge in [-0.1, -0.05) is 18.2 Å². The normalized spacial score (nSPS) is 16.5. The van der Waals surface area contributed by atoms with Gasteiger partial charge in [-0.2, -0.15) is 5.10 Å². The standard InChI is InChI=1S/C24H19F3N4O3.CH2O2/c1-31-19-13-15(4-5-16(19)14-29-31)22(32)30-23(10-12-33-20-3-2-11-28-21(20)23)17-6-8-18(9-7-17)34-24(25,26)27;2-1-3/h2-9,11,13-14H,10,12H2,1H3,(H,30,32);1H,(H,2,3)/t23-;/m0./s1. The Bertz CT molecular complexity index is 1420. The van der Waals surface area contributed by atoms with Crippen molar-refractivity contribution in [3.05, 3.63) is 83.8 Å². The molecule has 0 unspecified atom stereocenters. The lowest BCUT2D eigenvalue weighted by Gasteiger charge is -2.39. The zero-order valence-corrected chi connectivity index (χ0v) is 19.4. The molecule has 0 radical (unpaired) electrons. The van der Waals surface area contributed by atoms with Crippen LogP contribution in [0.25, 0.3) is 10.9 Å². The molecule has 1 aliphatic rings. The van der Waals surface area contributed by atoms with Gasteiger partial charge < -0.3 is 19.9 Å². The van der Waals surface area contributed by atoms with E-state index in [4.69, 9.17) is 14.6 Å². The lowest BCUT2D eigenvalue weighted by Crippen LogP contribution is -2.50. The Morgan fingerprint density at radius 1 is 1.22 bits per heavy atom. The minimum absolute atomic E-state index is 0.250. The second-order valence-electron chi connectivity index (χ2n) is 8.03. The van der Waals surface area contributed by atoms with Crippen LogP contribution in [0.4, 0.5) is 13.2 Å². The van der Waals surface area contributed by atoms with E-state index in [9.17, 15) is 18.0 Å². The lowest BCUT2D eigenvalue weighted by molar-refractivity contribution is -0.274. The van der Waals surface area contributed by atoms with Gasteiger partial charge in [-0.25, -0.2) is 0 Å². The third kappa shape index (κ3) is 5.32. The Morgan fingerprint density at radius 3 is 2.65 bits per heavy atom. The fourth-order valence-electron chi connectivity index (χ4n) is 4.23. The second-order valence-corrected chi connectivity index (χ2v) is 8.03. The van der Waals surface area contributed by atoms with Crippen molar-refractivity contribution in [2.24, 2.45) is 7.05 Å². The number of amides is 1. The summed E-state index contributed by atoms with van der Waals surface area (Å²) >= 11 is 0. The number of pyridine rings is 1. The summed E-state index contributed by atoms with van der Waals surface area (Å²) in [5, 5.41) is 15.1. The Kier molecular flexibility index (Phi) is 7.00. The first kappa shape index (κ1) is 25.5. The molecule has 3 heterocycles. The lowest BCUT2D eigenvalue weighted by atomic mass is 9.81. The molecule has 1 atom stereocenters. The predicted octanol–water partition coefficient (Wildman–Crippen LogP) is 4.02. The highest BCUT2D eigenvalue weighted by molar-refractivity contribution is 5.98. The Balaban J connectivity index is 0.00000102. The van der Waals surface area contributed by atoms with Crippen molar-refractivity contribution >= 4 is 23.3 Å². The molecule has 5 rings (SSSR count). The van der Waals surface area contributed by atoms with E-state index in [2.05, 4.69) is 20.1 Å². The topological polar surface area (TPSA) is 116 Å². The number of aryl methyl sites for hydroxylation is 1. The van der Waals surface area contributed by atoms with Crippen LogP contribution in [0.15, 0.2) is 67.0 Å². The van der Waals surface area contributed by atoms with Crippen molar-refractivity contribution in [1.29, 1.82) is 0 Å². The highest BCUT2D eigenvalue weighted by Crippen LogP contribution is 2.41. The molecule has 0 spiro atoms. The van der Waals surface area contributed by atoms with Crippen molar-refractivity contribution < 1.29 is 37.3 Å². The molecule has 37 heavy (non-hydrogen) atoms. The third-order valence-electron chi connectivity index (χ3n) is 5.83. The van der Waals surface area contributed by atoms with E-state index in [0.29, 0.717) is 29.0 Å². The Morgan fingerprint density at radius 2 is 1.95 bits per heavy atom. The van der Waals surface area contributed by atoms with Gasteiger partial charge in [0.15, 0.2) is 0 Å². The van der Waals surface area contributed by atoms with Crippen LogP contribution in [0.5, 0.6) is 11.5 Å². The van der Waals surface area contributed by atoms with Crippen molar-refractivity contribution in [2.75, 3.05) is 6.61 Å². The van der Waals surface area contributed by atoms with E-state index in [1.807, 2.05) is 6.07 Å². The molecule has 2 N–H and O–H groups in total. The first-order valence-electron chi connectivity index (χ1n) is 10.9. The van der Waals surface area contributed by atoms with E-state index in [-0.39, 0.29) is 24.7 Å². The van der Waals surface area contributed by atoms with Crippen LogP contribution < -0.4 is 14.8 Å². The van der Waals surface area contributed by atoms with Gasteiger partial charge in [0.1, 0.15) is 22.7 Å². The SMILES string of the molecule is Cn1ncc2ccc(C(=O)N[C@]3(c4ccc(OC(F)(F)F)cc4)CCOc4cccnc43)cc21.O=CO. The Hall–Kier alpha value is -4.61. The number of alkyl halides is 3. The van der Waals surface area contributed by atoms with E-state index < -0.39 is 11.9 Å². The van der Waals surface area contributed by atoms with Crippen molar-refractivity contribution in [3.63, 3.8) is 0 Å². The number of nitrogens with zero attached hydrogens (tertiary/aromatic N) is 3. The van der Waals surface area contributed by atoms with Crippen LogP contribution >= 0.6 is 0 Å². The van der Waals surface area contributed by atoms with Gasteiger partial charge in [0.05, 0.1) is 18.3 Å². The molecule has 0 fully saturated rings. The average molecular weight is 514 g/mol. The van der Waals surface area contributed by atoms with Crippen LogP contribution in [0, 0.1) is 0 Å². The van der Waals surface area contributed by atoms with Crippen LogP contribution in [-0.4, -0.2) is 45.2 Å². The zero-order valence-electron chi connectivity index (χ0n) is 19.4. The first-order chi connectivity index (χ1) is 17.7. The van der Waals surface area contributed by atoms with Crippen molar-refractivity contribution in [1.82, 2.24) is 20.1 Å². The number of fused-ring (bicyclic) bond motifs is 2. The number of benzene rings is 2. The maximum atomic E-state index is 13.4. The molecule has 0 saturated carbocycles.